The lowest BCUT2D eigenvalue weighted by Crippen LogP contribution is -2.40. The summed E-state index contributed by atoms with van der Waals surface area (Å²) in [6, 6.07) is 8.44. The Balaban J connectivity index is 1.79. The summed E-state index contributed by atoms with van der Waals surface area (Å²) in [5.41, 5.74) is 0. The monoisotopic (exact) mass is 311 g/mol. The Hall–Kier alpha value is -0.810. The first-order valence-corrected chi connectivity index (χ1v) is 8.08. The highest BCUT2D eigenvalue weighted by molar-refractivity contribution is 7.16. The molecule has 0 spiro atoms. The van der Waals surface area contributed by atoms with Gasteiger partial charge in [0.2, 0.25) is 0 Å². The van der Waals surface area contributed by atoms with Gasteiger partial charge in [0.15, 0.2) is 0 Å². The summed E-state index contributed by atoms with van der Waals surface area (Å²) < 4.78 is 12.0. The predicted octanol–water partition coefficient (Wildman–Crippen LogP) is 4.24. The fourth-order valence-corrected chi connectivity index (χ4v) is 3.76. The third kappa shape index (κ3) is 3.26. The third-order valence-electron chi connectivity index (χ3n) is 3.59. The van der Waals surface area contributed by atoms with E-state index < -0.39 is 0 Å². The summed E-state index contributed by atoms with van der Waals surface area (Å²) in [5, 5.41) is 3.70. The van der Waals surface area contributed by atoms with Crippen molar-refractivity contribution in [3.05, 3.63) is 45.5 Å². The van der Waals surface area contributed by atoms with Crippen LogP contribution in [-0.4, -0.2) is 18.8 Å². The van der Waals surface area contributed by atoms with Crippen molar-refractivity contribution in [1.82, 2.24) is 5.32 Å². The molecule has 20 heavy (non-hydrogen) atoms. The Morgan fingerprint density at radius 1 is 1.40 bits per heavy atom. The minimum atomic E-state index is 0.0674. The SMILES string of the molecule is CC1CC(NC(c2ccco2)c2ccc(Cl)s2)CCO1. The van der Waals surface area contributed by atoms with Crippen LogP contribution >= 0.6 is 22.9 Å². The first-order valence-electron chi connectivity index (χ1n) is 6.88. The van der Waals surface area contributed by atoms with Gasteiger partial charge in [-0.3, -0.25) is 0 Å². The van der Waals surface area contributed by atoms with Gasteiger partial charge in [-0.25, -0.2) is 0 Å². The maximum absolute atomic E-state index is 6.07. The van der Waals surface area contributed by atoms with Crippen molar-refractivity contribution in [3.63, 3.8) is 0 Å². The normalized spacial score (nSPS) is 24.7. The van der Waals surface area contributed by atoms with Crippen LogP contribution in [0.3, 0.4) is 0 Å². The molecule has 0 aliphatic carbocycles. The Morgan fingerprint density at radius 3 is 2.95 bits per heavy atom. The summed E-state index contributed by atoms with van der Waals surface area (Å²) in [6.45, 7) is 2.94. The van der Waals surface area contributed by atoms with E-state index in [9.17, 15) is 0 Å². The predicted molar refractivity (Wildman–Crippen MR) is 81.5 cm³/mol. The fraction of sp³-hybridized carbons (Fsp3) is 0.467. The third-order valence-corrected chi connectivity index (χ3v) is 4.89. The van der Waals surface area contributed by atoms with Crippen molar-refractivity contribution >= 4 is 22.9 Å². The van der Waals surface area contributed by atoms with Crippen LogP contribution in [0.4, 0.5) is 0 Å². The summed E-state index contributed by atoms with van der Waals surface area (Å²) in [5.74, 6) is 0.933. The van der Waals surface area contributed by atoms with Crippen LogP contribution in [0.5, 0.6) is 0 Å². The molecule has 1 aliphatic heterocycles. The van der Waals surface area contributed by atoms with Crippen molar-refractivity contribution in [2.45, 2.75) is 38.0 Å². The maximum atomic E-state index is 6.07. The van der Waals surface area contributed by atoms with Crippen LogP contribution in [0.15, 0.2) is 34.9 Å². The summed E-state index contributed by atoms with van der Waals surface area (Å²) in [7, 11) is 0. The zero-order valence-electron chi connectivity index (χ0n) is 11.3. The zero-order chi connectivity index (χ0) is 13.9. The van der Waals surface area contributed by atoms with Crippen LogP contribution in [0.2, 0.25) is 4.34 Å². The van der Waals surface area contributed by atoms with Gasteiger partial charge >= 0.3 is 0 Å². The van der Waals surface area contributed by atoms with E-state index in [0.717, 1.165) is 29.5 Å². The molecule has 108 valence electrons. The molecule has 1 aliphatic rings. The first kappa shape index (κ1) is 14.1. The molecule has 0 radical (unpaired) electrons. The van der Waals surface area contributed by atoms with Gasteiger partial charge in [0.1, 0.15) is 11.8 Å². The van der Waals surface area contributed by atoms with E-state index in [0.29, 0.717) is 12.1 Å². The molecular formula is C15H18ClNO2S. The van der Waals surface area contributed by atoms with E-state index in [2.05, 4.69) is 18.3 Å². The molecule has 0 amide bonds. The van der Waals surface area contributed by atoms with Gasteiger partial charge in [-0.05, 0) is 44.0 Å². The van der Waals surface area contributed by atoms with Gasteiger partial charge in [-0.2, -0.15) is 0 Å². The highest BCUT2D eigenvalue weighted by Crippen LogP contribution is 2.32. The molecule has 2 aromatic heterocycles. The molecule has 3 unspecified atom stereocenters. The summed E-state index contributed by atoms with van der Waals surface area (Å²) >= 11 is 7.67. The molecule has 5 heteroatoms. The summed E-state index contributed by atoms with van der Waals surface area (Å²) in [6.07, 6.45) is 4.08. The number of furan rings is 1. The number of rotatable bonds is 4. The second-order valence-corrected chi connectivity index (χ2v) is 6.91. The molecule has 2 aromatic rings. The minimum Gasteiger partial charge on any atom is -0.467 e. The molecule has 0 bridgehead atoms. The lowest BCUT2D eigenvalue weighted by molar-refractivity contribution is 0.0117. The Morgan fingerprint density at radius 2 is 2.30 bits per heavy atom. The molecule has 3 nitrogen and oxygen atoms in total. The number of nitrogens with one attached hydrogen (secondary N) is 1. The number of ether oxygens (including phenoxy) is 1. The number of hydrogen-bond acceptors (Lipinski definition) is 4. The largest absolute Gasteiger partial charge is 0.467 e. The second kappa shape index (κ2) is 6.31. The molecule has 3 rings (SSSR count). The molecule has 1 saturated heterocycles. The average molecular weight is 312 g/mol. The topological polar surface area (TPSA) is 34.4 Å². The smallest absolute Gasteiger partial charge is 0.126 e. The van der Waals surface area contributed by atoms with Crippen molar-refractivity contribution in [2.24, 2.45) is 0 Å². The zero-order valence-corrected chi connectivity index (χ0v) is 12.9. The molecule has 0 saturated carbocycles. The molecule has 0 aromatic carbocycles. The van der Waals surface area contributed by atoms with Crippen molar-refractivity contribution < 1.29 is 9.15 Å². The highest BCUT2D eigenvalue weighted by atomic mass is 35.5. The van der Waals surface area contributed by atoms with Gasteiger partial charge in [0.05, 0.1) is 16.7 Å². The van der Waals surface area contributed by atoms with Crippen molar-refractivity contribution in [3.8, 4) is 0 Å². The molecule has 1 fully saturated rings. The van der Waals surface area contributed by atoms with Crippen LogP contribution in [0.1, 0.15) is 36.4 Å². The van der Waals surface area contributed by atoms with Gasteiger partial charge in [-0.1, -0.05) is 11.6 Å². The number of hydrogen-bond donors (Lipinski definition) is 1. The van der Waals surface area contributed by atoms with E-state index in [1.165, 1.54) is 4.88 Å². The van der Waals surface area contributed by atoms with E-state index in [1.54, 1.807) is 17.6 Å². The van der Waals surface area contributed by atoms with Gasteiger partial charge < -0.3 is 14.5 Å². The van der Waals surface area contributed by atoms with Crippen molar-refractivity contribution in [1.29, 1.82) is 0 Å². The Kier molecular flexibility index (Phi) is 4.46. The van der Waals surface area contributed by atoms with E-state index in [1.807, 2.05) is 18.2 Å². The standard InChI is InChI=1S/C15H18ClNO2S/c1-10-9-11(6-8-18-10)17-15(12-3-2-7-19-12)13-4-5-14(16)20-13/h2-5,7,10-11,15,17H,6,8-9H2,1H3. The van der Waals surface area contributed by atoms with Crippen LogP contribution in [0.25, 0.3) is 0 Å². The van der Waals surface area contributed by atoms with E-state index in [-0.39, 0.29) is 6.04 Å². The Bertz CT molecular complexity index is 540. The molecule has 3 heterocycles. The number of thiophene rings is 1. The quantitative estimate of drug-likeness (QED) is 0.917. The molecule has 3 atom stereocenters. The highest BCUT2D eigenvalue weighted by Gasteiger charge is 2.26. The van der Waals surface area contributed by atoms with Crippen LogP contribution < -0.4 is 5.32 Å². The van der Waals surface area contributed by atoms with Gasteiger partial charge in [0.25, 0.3) is 0 Å². The number of halogens is 1. The molecule has 1 N–H and O–H groups in total. The molecular weight excluding hydrogens is 294 g/mol. The lowest BCUT2D eigenvalue weighted by Gasteiger charge is -2.30. The Labute approximate surface area is 127 Å². The second-order valence-electron chi connectivity index (χ2n) is 5.16. The minimum absolute atomic E-state index is 0.0674. The van der Waals surface area contributed by atoms with Gasteiger partial charge in [-0.15, -0.1) is 11.3 Å². The van der Waals surface area contributed by atoms with Gasteiger partial charge in [0, 0.05) is 17.5 Å². The first-order chi connectivity index (χ1) is 9.72. The lowest BCUT2D eigenvalue weighted by atomic mass is 10.0. The van der Waals surface area contributed by atoms with E-state index >= 15 is 0 Å². The van der Waals surface area contributed by atoms with E-state index in [4.69, 9.17) is 20.8 Å². The summed E-state index contributed by atoms with van der Waals surface area (Å²) in [4.78, 5) is 1.18. The maximum Gasteiger partial charge on any atom is 0.126 e. The van der Waals surface area contributed by atoms with Crippen LogP contribution in [0, 0.1) is 0 Å². The van der Waals surface area contributed by atoms with Crippen LogP contribution in [-0.2, 0) is 4.74 Å². The van der Waals surface area contributed by atoms with Crippen molar-refractivity contribution in [2.75, 3.05) is 6.61 Å². The average Bonchev–Trinajstić information content (AvgIpc) is 3.07. The fourth-order valence-electron chi connectivity index (χ4n) is 2.63.